The molecule has 2 saturated heterocycles. The summed E-state index contributed by atoms with van der Waals surface area (Å²) in [4.78, 5) is 72.7. The van der Waals surface area contributed by atoms with Crippen LogP contribution in [-0.2, 0) is 51.6 Å². The van der Waals surface area contributed by atoms with Crippen molar-refractivity contribution in [2.24, 2.45) is 10.8 Å². The number of amides is 4. The van der Waals surface area contributed by atoms with Crippen molar-refractivity contribution >= 4 is 29.6 Å². The fraction of sp³-hybridized carbons (Fsp3) is 0.462. The van der Waals surface area contributed by atoms with Gasteiger partial charge in [0.2, 0.25) is 0 Å². The predicted octanol–water partition coefficient (Wildman–Crippen LogP) is 7.93. The number of carbonyl (C=O) groups is 5. The normalized spacial score (nSPS) is 19.9. The zero-order valence-electron chi connectivity index (χ0n) is 28.1. The molecule has 0 saturated carbocycles. The smallest absolute Gasteiger partial charge is 0.322 e. The number of piperidine rings is 2. The Bertz CT molecular complexity index is 1360. The standard InChI is InChI=1S/C18H21NO5.C17H21NO3.C2H6.2CH4/c1-3-12-23-17(22)18(4-2)11-10-15(20)19(16(18)21)24-13-14-8-6-5-7-9-14;1-3-11-17(4-2)12-10-15(19)18(16(17)20)21-13-14-8-6-5-7-9-14;1-2;;/h3,5-9H,1,4,10-13H2,2H3;3,5-9H,1,4,10-13H2,2H3;1-2H3;2*1H4/t;17-;;;/m.1.../s1. The Hall–Kier alpha value is -4.41. The van der Waals surface area contributed by atoms with E-state index in [0.29, 0.717) is 25.7 Å². The Kier molecular flexibility index (Phi) is 20.3. The molecular weight excluding hydrogens is 624 g/mol. The number of nitrogens with zero attached hydrogens (tertiary/aromatic N) is 2. The molecule has 2 aliphatic rings. The van der Waals surface area contributed by atoms with E-state index < -0.39 is 28.6 Å². The molecule has 10 nitrogen and oxygen atoms in total. The van der Waals surface area contributed by atoms with Crippen LogP contribution >= 0.6 is 0 Å². The first kappa shape index (κ1) is 44.6. The first-order chi connectivity index (χ1) is 22.7. The van der Waals surface area contributed by atoms with Crippen LogP contribution in [0.1, 0.15) is 98.6 Å². The molecule has 2 atom stereocenters. The van der Waals surface area contributed by atoms with Crippen molar-refractivity contribution in [1.82, 2.24) is 10.1 Å². The Morgan fingerprint density at radius 2 is 1.20 bits per heavy atom. The van der Waals surface area contributed by atoms with Gasteiger partial charge in [-0.3, -0.25) is 33.6 Å². The number of ether oxygens (including phenoxy) is 1. The van der Waals surface area contributed by atoms with Crippen molar-refractivity contribution in [2.75, 3.05) is 6.61 Å². The minimum Gasteiger partial charge on any atom is -0.461 e. The number of hydroxylamine groups is 4. The van der Waals surface area contributed by atoms with E-state index in [4.69, 9.17) is 14.4 Å². The number of esters is 1. The average molecular weight is 681 g/mol. The zero-order valence-corrected chi connectivity index (χ0v) is 28.1. The van der Waals surface area contributed by atoms with Crippen molar-refractivity contribution in [2.45, 2.75) is 101 Å². The molecule has 0 N–H and O–H groups in total. The molecule has 0 radical (unpaired) electrons. The molecule has 2 aliphatic heterocycles. The van der Waals surface area contributed by atoms with E-state index in [-0.39, 0.29) is 65.8 Å². The van der Waals surface area contributed by atoms with Gasteiger partial charge in [-0.15, -0.1) is 6.58 Å². The number of imide groups is 2. The average Bonchev–Trinajstić information content (AvgIpc) is 3.11. The highest BCUT2D eigenvalue weighted by Crippen LogP contribution is 2.39. The number of hydrogen-bond donors (Lipinski definition) is 0. The molecule has 0 bridgehead atoms. The van der Waals surface area contributed by atoms with Crippen molar-refractivity contribution in [1.29, 1.82) is 0 Å². The van der Waals surface area contributed by atoms with E-state index in [1.165, 1.54) is 6.08 Å². The SMILES string of the molecule is C.C.C=CCOC(=O)C1(CC)CCC(=O)N(OCc2ccccc2)C1=O.C=CC[C@]1(CC)CCC(=O)N(OCc2ccccc2)C1=O.CC. The first-order valence-corrected chi connectivity index (χ1v) is 16.2. The fourth-order valence-corrected chi connectivity index (χ4v) is 5.28. The quantitative estimate of drug-likeness (QED) is 0.0906. The second kappa shape index (κ2) is 22.3. The summed E-state index contributed by atoms with van der Waals surface area (Å²) in [5.41, 5.74) is -0.186. The number of carbonyl (C=O) groups excluding carboxylic acids is 5. The topological polar surface area (TPSA) is 120 Å². The maximum absolute atomic E-state index is 12.8. The van der Waals surface area contributed by atoms with Gasteiger partial charge in [0, 0.05) is 12.8 Å². The molecule has 4 amide bonds. The molecule has 2 heterocycles. The van der Waals surface area contributed by atoms with Crippen molar-refractivity contribution in [3.05, 3.63) is 97.1 Å². The number of allylic oxidation sites excluding steroid dienone is 1. The highest BCUT2D eigenvalue weighted by Gasteiger charge is 2.53. The second-order valence-corrected chi connectivity index (χ2v) is 11.0. The summed E-state index contributed by atoms with van der Waals surface area (Å²) in [5.74, 6) is -2.25. The predicted molar refractivity (Wildman–Crippen MR) is 191 cm³/mol. The zero-order chi connectivity index (χ0) is 34.9. The molecule has 1 unspecified atom stereocenters. The van der Waals surface area contributed by atoms with Gasteiger partial charge >= 0.3 is 5.97 Å². The third-order valence-electron chi connectivity index (χ3n) is 8.21. The summed E-state index contributed by atoms with van der Waals surface area (Å²) in [7, 11) is 0. The minimum atomic E-state index is -1.38. The number of hydrogen-bond acceptors (Lipinski definition) is 8. The molecule has 10 heteroatoms. The first-order valence-electron chi connectivity index (χ1n) is 16.2. The maximum atomic E-state index is 12.8. The van der Waals surface area contributed by atoms with Gasteiger partial charge in [0.05, 0.1) is 5.41 Å². The van der Waals surface area contributed by atoms with E-state index in [1.54, 1.807) is 13.0 Å². The van der Waals surface area contributed by atoms with Gasteiger partial charge in [-0.2, -0.15) is 10.1 Å². The summed E-state index contributed by atoms with van der Waals surface area (Å²) in [6.45, 7) is 15.2. The van der Waals surface area contributed by atoms with E-state index in [0.717, 1.165) is 21.3 Å². The lowest BCUT2D eigenvalue weighted by Gasteiger charge is -2.38. The molecule has 2 aromatic rings. The van der Waals surface area contributed by atoms with Crippen molar-refractivity contribution < 1.29 is 38.4 Å². The summed E-state index contributed by atoms with van der Waals surface area (Å²) in [6, 6.07) is 18.7. The lowest BCUT2D eigenvalue weighted by Crippen LogP contribution is -2.55. The fourth-order valence-electron chi connectivity index (χ4n) is 5.28. The van der Waals surface area contributed by atoms with Crippen LogP contribution in [0.2, 0.25) is 0 Å². The van der Waals surface area contributed by atoms with E-state index >= 15 is 0 Å². The van der Waals surface area contributed by atoms with E-state index in [1.807, 2.05) is 81.4 Å². The maximum Gasteiger partial charge on any atom is 0.322 e. The van der Waals surface area contributed by atoms with Crippen molar-refractivity contribution in [3.63, 3.8) is 0 Å². The van der Waals surface area contributed by atoms with E-state index in [9.17, 15) is 24.0 Å². The Morgan fingerprint density at radius 3 is 1.63 bits per heavy atom. The van der Waals surface area contributed by atoms with Crippen LogP contribution in [0.25, 0.3) is 0 Å². The Morgan fingerprint density at radius 1 is 0.735 bits per heavy atom. The van der Waals surface area contributed by atoms with Gasteiger partial charge in [-0.05, 0) is 43.2 Å². The van der Waals surface area contributed by atoms with Gasteiger partial charge in [0.1, 0.15) is 25.2 Å². The highest BCUT2D eigenvalue weighted by molar-refractivity contribution is 6.10. The lowest BCUT2D eigenvalue weighted by atomic mass is 9.74. The molecule has 0 aliphatic carbocycles. The number of benzene rings is 2. The van der Waals surface area contributed by atoms with Crippen LogP contribution in [-0.4, -0.2) is 46.3 Å². The van der Waals surface area contributed by atoms with Crippen molar-refractivity contribution in [3.8, 4) is 0 Å². The summed E-state index contributed by atoms with van der Waals surface area (Å²) in [6.07, 6.45) is 5.74. The van der Waals surface area contributed by atoms with Crippen LogP contribution in [0, 0.1) is 10.8 Å². The van der Waals surface area contributed by atoms with Crippen LogP contribution in [0.5, 0.6) is 0 Å². The molecule has 2 fully saturated rings. The van der Waals surface area contributed by atoms with Gasteiger partial charge in [-0.1, -0.05) is 122 Å². The summed E-state index contributed by atoms with van der Waals surface area (Å²) in [5, 5.41) is 1.68. The monoisotopic (exact) mass is 680 g/mol. The van der Waals surface area contributed by atoms with Gasteiger partial charge < -0.3 is 4.74 Å². The molecular formula is C39H56N2O8. The third kappa shape index (κ3) is 11.3. The Labute approximate surface area is 293 Å². The van der Waals surface area contributed by atoms with Crippen LogP contribution in [0.4, 0.5) is 0 Å². The molecule has 270 valence electrons. The molecule has 4 rings (SSSR count). The molecule has 49 heavy (non-hydrogen) atoms. The second-order valence-electron chi connectivity index (χ2n) is 11.0. The Balaban J connectivity index is 0.000000867. The molecule has 2 aromatic carbocycles. The number of rotatable bonds is 13. The summed E-state index contributed by atoms with van der Waals surface area (Å²) < 4.78 is 5.07. The van der Waals surface area contributed by atoms with Crippen LogP contribution < -0.4 is 0 Å². The lowest BCUT2D eigenvalue weighted by molar-refractivity contribution is -0.216. The van der Waals surface area contributed by atoms with Gasteiger partial charge in [-0.25, -0.2) is 0 Å². The van der Waals surface area contributed by atoms with E-state index in [2.05, 4.69) is 13.2 Å². The minimum absolute atomic E-state index is 0. The van der Waals surface area contributed by atoms with Gasteiger partial charge in [0.25, 0.3) is 23.6 Å². The highest BCUT2D eigenvalue weighted by atomic mass is 16.7. The largest absolute Gasteiger partial charge is 0.461 e. The van der Waals surface area contributed by atoms with Gasteiger partial charge in [0.15, 0.2) is 0 Å². The van der Waals surface area contributed by atoms with Crippen LogP contribution in [0.3, 0.4) is 0 Å². The molecule has 0 spiro atoms. The van der Waals surface area contributed by atoms with Crippen LogP contribution in [0.15, 0.2) is 86.0 Å². The summed E-state index contributed by atoms with van der Waals surface area (Å²) >= 11 is 0. The third-order valence-corrected chi connectivity index (χ3v) is 8.21. The molecule has 0 aromatic heterocycles.